The van der Waals surface area contributed by atoms with Crippen LogP contribution in [0.3, 0.4) is 0 Å². The zero-order valence-electron chi connectivity index (χ0n) is 13.1. The average Bonchev–Trinajstić information content (AvgIpc) is 2.77. The summed E-state index contributed by atoms with van der Waals surface area (Å²) in [5.41, 5.74) is 0.522. The van der Waals surface area contributed by atoms with Gasteiger partial charge in [0.1, 0.15) is 0 Å². The van der Waals surface area contributed by atoms with Gasteiger partial charge in [0.15, 0.2) is 0 Å². The minimum atomic E-state index is 0.522. The molecule has 0 aromatic heterocycles. The van der Waals surface area contributed by atoms with Crippen LogP contribution in [0.25, 0.3) is 0 Å². The molecule has 2 fully saturated rings. The minimum absolute atomic E-state index is 0.522. The number of nitrogens with one attached hydrogen (secondary N) is 1. The number of hydrogen-bond acceptors (Lipinski definition) is 3. The van der Waals surface area contributed by atoms with Crippen molar-refractivity contribution in [1.29, 1.82) is 0 Å². The first-order valence-corrected chi connectivity index (χ1v) is 8.03. The highest BCUT2D eigenvalue weighted by atomic mass is 16.5. The lowest BCUT2D eigenvalue weighted by Gasteiger charge is -2.42. The van der Waals surface area contributed by atoms with Gasteiger partial charge in [-0.3, -0.25) is 0 Å². The van der Waals surface area contributed by atoms with Crippen LogP contribution in [0.1, 0.15) is 39.0 Å². The van der Waals surface area contributed by atoms with Crippen molar-refractivity contribution in [2.24, 2.45) is 17.3 Å². The lowest BCUT2D eigenvalue weighted by atomic mass is 9.69. The first-order valence-electron chi connectivity index (χ1n) is 8.03. The van der Waals surface area contributed by atoms with Gasteiger partial charge in [0.25, 0.3) is 0 Å². The van der Waals surface area contributed by atoms with Crippen molar-refractivity contribution in [1.82, 2.24) is 10.2 Å². The third-order valence-electron chi connectivity index (χ3n) is 5.07. The third kappa shape index (κ3) is 4.17. The largest absolute Gasteiger partial charge is 0.384 e. The summed E-state index contributed by atoms with van der Waals surface area (Å²) in [6.45, 7) is 8.36. The van der Waals surface area contributed by atoms with Gasteiger partial charge in [-0.25, -0.2) is 0 Å². The smallest absolute Gasteiger partial charge is 0.0503 e. The van der Waals surface area contributed by atoms with E-state index in [9.17, 15) is 0 Å². The number of rotatable bonds is 6. The minimum Gasteiger partial charge on any atom is -0.384 e. The molecule has 2 aliphatic rings. The van der Waals surface area contributed by atoms with Crippen molar-refractivity contribution in [3.63, 3.8) is 0 Å². The van der Waals surface area contributed by atoms with Gasteiger partial charge in [-0.05, 0) is 50.1 Å². The van der Waals surface area contributed by atoms with Crippen molar-refractivity contribution in [3.05, 3.63) is 0 Å². The molecule has 1 saturated heterocycles. The molecule has 1 aliphatic heterocycles. The maximum Gasteiger partial charge on any atom is 0.0503 e. The van der Waals surface area contributed by atoms with Crippen LogP contribution in [0.5, 0.6) is 0 Å². The van der Waals surface area contributed by atoms with Gasteiger partial charge in [-0.2, -0.15) is 0 Å². The molecule has 112 valence electrons. The van der Waals surface area contributed by atoms with Crippen LogP contribution < -0.4 is 5.32 Å². The molecule has 1 heterocycles. The highest BCUT2D eigenvalue weighted by Gasteiger charge is 2.37. The Bertz CT molecular complexity index is 267. The normalized spacial score (nSPS) is 36.8. The van der Waals surface area contributed by atoms with Crippen LogP contribution >= 0.6 is 0 Å². The van der Waals surface area contributed by atoms with Gasteiger partial charge in [-0.15, -0.1) is 0 Å². The van der Waals surface area contributed by atoms with Crippen LogP contribution in [-0.4, -0.2) is 51.8 Å². The molecule has 0 amide bonds. The second-order valence-electron chi connectivity index (χ2n) is 7.08. The second-order valence-corrected chi connectivity index (χ2v) is 7.08. The molecule has 1 saturated carbocycles. The molecule has 0 aromatic carbocycles. The molecular weight excluding hydrogens is 236 g/mol. The first-order chi connectivity index (χ1) is 9.17. The summed E-state index contributed by atoms with van der Waals surface area (Å²) < 4.78 is 5.31. The Morgan fingerprint density at radius 2 is 2.21 bits per heavy atom. The van der Waals surface area contributed by atoms with E-state index in [0.29, 0.717) is 5.41 Å². The van der Waals surface area contributed by atoms with Crippen LogP contribution in [0.15, 0.2) is 0 Å². The number of hydrogen-bond donors (Lipinski definition) is 1. The Hall–Kier alpha value is -0.120. The van der Waals surface area contributed by atoms with E-state index in [-0.39, 0.29) is 0 Å². The summed E-state index contributed by atoms with van der Waals surface area (Å²) in [4.78, 5) is 2.69. The SMILES string of the molecule is CNCC1(CN2CCC(COC)C2)CCCC(C)C1. The van der Waals surface area contributed by atoms with Crippen molar-refractivity contribution in [2.75, 3.05) is 46.9 Å². The maximum absolute atomic E-state index is 5.31. The fraction of sp³-hybridized carbons (Fsp3) is 1.00. The molecule has 1 N–H and O–H groups in total. The molecule has 3 heteroatoms. The van der Waals surface area contributed by atoms with E-state index in [2.05, 4.69) is 24.2 Å². The monoisotopic (exact) mass is 268 g/mol. The molecule has 0 radical (unpaired) electrons. The van der Waals surface area contributed by atoms with Gasteiger partial charge in [0, 0.05) is 26.7 Å². The predicted molar refractivity (Wildman–Crippen MR) is 80.4 cm³/mol. The first kappa shape index (κ1) is 15.3. The second kappa shape index (κ2) is 7.05. The molecule has 0 spiro atoms. The number of nitrogens with zero attached hydrogens (tertiary/aromatic N) is 1. The van der Waals surface area contributed by atoms with Crippen LogP contribution in [0.2, 0.25) is 0 Å². The van der Waals surface area contributed by atoms with Gasteiger partial charge < -0.3 is 15.0 Å². The lowest BCUT2D eigenvalue weighted by Crippen LogP contribution is -2.45. The topological polar surface area (TPSA) is 24.5 Å². The molecule has 3 nitrogen and oxygen atoms in total. The molecule has 3 unspecified atom stereocenters. The molecule has 0 bridgehead atoms. The molecule has 0 aromatic rings. The standard InChI is InChI=1S/C16H32N2O/c1-14-5-4-7-16(9-14,12-17-2)13-18-8-6-15(10-18)11-19-3/h14-15,17H,4-13H2,1-3H3. The molecule has 3 atom stereocenters. The van der Waals surface area contributed by atoms with Crippen molar-refractivity contribution in [3.8, 4) is 0 Å². The van der Waals surface area contributed by atoms with E-state index in [1.54, 1.807) is 0 Å². The number of ether oxygens (including phenoxy) is 1. The van der Waals surface area contributed by atoms with Crippen LogP contribution in [0.4, 0.5) is 0 Å². The molecule has 1 aliphatic carbocycles. The molecule has 2 rings (SSSR count). The van der Waals surface area contributed by atoms with Crippen LogP contribution in [-0.2, 0) is 4.74 Å². The van der Waals surface area contributed by atoms with Gasteiger partial charge >= 0.3 is 0 Å². The van der Waals surface area contributed by atoms with Crippen molar-refractivity contribution in [2.45, 2.75) is 39.0 Å². The Morgan fingerprint density at radius 3 is 2.89 bits per heavy atom. The van der Waals surface area contributed by atoms with E-state index in [0.717, 1.165) is 18.4 Å². The zero-order chi connectivity index (χ0) is 13.7. The Balaban J connectivity index is 1.90. The highest BCUT2D eigenvalue weighted by molar-refractivity contribution is 4.91. The third-order valence-corrected chi connectivity index (χ3v) is 5.07. The van der Waals surface area contributed by atoms with Crippen LogP contribution in [0, 0.1) is 17.3 Å². The Morgan fingerprint density at radius 1 is 1.37 bits per heavy atom. The van der Waals surface area contributed by atoms with Crippen molar-refractivity contribution >= 4 is 0 Å². The Labute approximate surface area is 119 Å². The number of likely N-dealkylation sites (tertiary alicyclic amines) is 1. The van der Waals surface area contributed by atoms with E-state index < -0.39 is 0 Å². The predicted octanol–water partition coefficient (Wildman–Crippen LogP) is 2.37. The van der Waals surface area contributed by atoms with Gasteiger partial charge in [0.2, 0.25) is 0 Å². The van der Waals surface area contributed by atoms with E-state index in [4.69, 9.17) is 4.74 Å². The summed E-state index contributed by atoms with van der Waals surface area (Å²) in [5, 5.41) is 3.46. The van der Waals surface area contributed by atoms with E-state index >= 15 is 0 Å². The lowest BCUT2D eigenvalue weighted by molar-refractivity contribution is 0.0870. The van der Waals surface area contributed by atoms with Crippen molar-refractivity contribution < 1.29 is 4.74 Å². The van der Waals surface area contributed by atoms with E-state index in [1.807, 2.05) is 7.11 Å². The fourth-order valence-corrected chi connectivity index (χ4v) is 4.41. The number of methoxy groups -OCH3 is 1. The Kier molecular flexibility index (Phi) is 5.67. The van der Waals surface area contributed by atoms with E-state index in [1.165, 1.54) is 58.3 Å². The fourth-order valence-electron chi connectivity index (χ4n) is 4.41. The maximum atomic E-state index is 5.31. The summed E-state index contributed by atoms with van der Waals surface area (Å²) >= 11 is 0. The molecular formula is C16H32N2O. The van der Waals surface area contributed by atoms with Gasteiger partial charge in [-0.1, -0.05) is 19.8 Å². The van der Waals surface area contributed by atoms with Gasteiger partial charge in [0.05, 0.1) is 6.61 Å². The summed E-state index contributed by atoms with van der Waals surface area (Å²) in [6, 6.07) is 0. The summed E-state index contributed by atoms with van der Waals surface area (Å²) in [6.07, 6.45) is 6.97. The summed E-state index contributed by atoms with van der Waals surface area (Å²) in [7, 11) is 3.94. The quantitative estimate of drug-likeness (QED) is 0.800. The average molecular weight is 268 g/mol. The molecule has 19 heavy (non-hydrogen) atoms. The highest BCUT2D eigenvalue weighted by Crippen LogP contribution is 2.40. The summed E-state index contributed by atoms with van der Waals surface area (Å²) in [5.74, 6) is 1.66. The zero-order valence-corrected chi connectivity index (χ0v) is 13.1.